The summed E-state index contributed by atoms with van der Waals surface area (Å²) in [6, 6.07) is 14.5. The Hall–Kier alpha value is -0.940. The lowest BCUT2D eigenvalue weighted by atomic mass is 10.1. The van der Waals surface area contributed by atoms with Crippen LogP contribution in [-0.2, 0) is 19.8 Å². The van der Waals surface area contributed by atoms with Crippen LogP contribution in [0.3, 0.4) is 0 Å². The summed E-state index contributed by atoms with van der Waals surface area (Å²) in [4.78, 5) is 0. The maximum atomic E-state index is 12.8. The Kier molecular flexibility index (Phi) is 7.88. The second-order valence-corrected chi connectivity index (χ2v) is 9.04. The van der Waals surface area contributed by atoms with Gasteiger partial charge in [-0.3, -0.25) is 4.57 Å². The lowest BCUT2D eigenvalue weighted by Crippen LogP contribution is -1.99. The van der Waals surface area contributed by atoms with Crippen LogP contribution in [-0.4, -0.2) is 13.2 Å². The molecule has 2 aromatic rings. The van der Waals surface area contributed by atoms with Crippen molar-refractivity contribution >= 4 is 42.3 Å². The number of aryl methyl sites for hydroxylation is 1. The lowest BCUT2D eigenvalue weighted by molar-refractivity contribution is 0.219. The van der Waals surface area contributed by atoms with Gasteiger partial charge in [-0.25, -0.2) is 0 Å². The molecular formula is C20H24IO3P. The molecule has 134 valence electrons. The van der Waals surface area contributed by atoms with Gasteiger partial charge in [0.05, 0.1) is 19.4 Å². The van der Waals surface area contributed by atoms with E-state index >= 15 is 0 Å². The molecule has 0 aliphatic heterocycles. The highest BCUT2D eigenvalue weighted by Crippen LogP contribution is 2.51. The van der Waals surface area contributed by atoms with E-state index in [0.717, 1.165) is 20.3 Å². The first kappa shape index (κ1) is 20.4. The van der Waals surface area contributed by atoms with E-state index in [9.17, 15) is 4.57 Å². The number of halogens is 1. The van der Waals surface area contributed by atoms with Crippen LogP contribution >= 0.6 is 30.2 Å². The fourth-order valence-electron chi connectivity index (χ4n) is 2.48. The van der Waals surface area contributed by atoms with E-state index in [-0.39, 0.29) is 6.16 Å². The van der Waals surface area contributed by atoms with Gasteiger partial charge in [0, 0.05) is 3.57 Å². The fraction of sp³-hybridized carbons (Fsp3) is 0.300. The lowest BCUT2D eigenvalue weighted by Gasteiger charge is -2.17. The van der Waals surface area contributed by atoms with Crippen molar-refractivity contribution < 1.29 is 13.6 Å². The predicted molar refractivity (Wildman–Crippen MR) is 114 cm³/mol. The number of hydrogen-bond acceptors (Lipinski definition) is 3. The summed E-state index contributed by atoms with van der Waals surface area (Å²) in [5, 5.41) is 0. The Morgan fingerprint density at radius 3 is 2.16 bits per heavy atom. The predicted octanol–water partition coefficient (Wildman–Crippen LogP) is 6.54. The van der Waals surface area contributed by atoms with Gasteiger partial charge < -0.3 is 9.05 Å². The number of hydrogen-bond donors (Lipinski definition) is 0. The van der Waals surface area contributed by atoms with Gasteiger partial charge in [-0.2, -0.15) is 0 Å². The summed E-state index contributed by atoms with van der Waals surface area (Å²) in [5.41, 5.74) is 4.43. The van der Waals surface area contributed by atoms with E-state index in [4.69, 9.17) is 9.05 Å². The third kappa shape index (κ3) is 6.70. The summed E-state index contributed by atoms with van der Waals surface area (Å²) in [6.45, 7) is 6.49. The minimum Gasteiger partial charge on any atom is -0.309 e. The molecule has 0 spiro atoms. The molecule has 0 fully saturated rings. The number of benzene rings is 2. The molecule has 0 amide bonds. The molecule has 0 unspecified atom stereocenters. The molecule has 0 atom stereocenters. The second-order valence-electron chi connectivity index (χ2n) is 5.74. The summed E-state index contributed by atoms with van der Waals surface area (Å²) in [6.07, 6.45) is 4.44. The molecule has 25 heavy (non-hydrogen) atoms. The van der Waals surface area contributed by atoms with Gasteiger partial charge in [0.2, 0.25) is 0 Å². The van der Waals surface area contributed by atoms with E-state index in [2.05, 4.69) is 72.0 Å². The maximum Gasteiger partial charge on any atom is 0.335 e. The van der Waals surface area contributed by atoms with Gasteiger partial charge in [-0.05, 0) is 72.2 Å². The van der Waals surface area contributed by atoms with Crippen molar-refractivity contribution in [3.8, 4) is 0 Å². The smallest absolute Gasteiger partial charge is 0.309 e. The Balaban J connectivity index is 2.21. The Bertz CT molecular complexity index is 759. The molecule has 0 saturated heterocycles. The van der Waals surface area contributed by atoms with Gasteiger partial charge in [0.1, 0.15) is 0 Å². The maximum absolute atomic E-state index is 12.8. The molecule has 0 saturated carbocycles. The van der Waals surface area contributed by atoms with E-state index in [0.29, 0.717) is 13.2 Å². The third-order valence-electron chi connectivity index (χ3n) is 3.55. The van der Waals surface area contributed by atoms with Crippen molar-refractivity contribution in [3.05, 3.63) is 68.3 Å². The topological polar surface area (TPSA) is 35.5 Å². The second kappa shape index (κ2) is 9.67. The van der Waals surface area contributed by atoms with Crippen molar-refractivity contribution in [3.63, 3.8) is 0 Å². The molecule has 2 rings (SSSR count). The van der Waals surface area contributed by atoms with Gasteiger partial charge in [0.15, 0.2) is 0 Å². The normalized spacial score (nSPS) is 12.0. The van der Waals surface area contributed by atoms with Crippen molar-refractivity contribution in [1.29, 1.82) is 0 Å². The highest BCUT2D eigenvalue weighted by atomic mass is 127. The van der Waals surface area contributed by atoms with Crippen LogP contribution in [0.1, 0.15) is 36.1 Å². The molecule has 0 aliphatic carbocycles. The van der Waals surface area contributed by atoms with Gasteiger partial charge in [-0.1, -0.05) is 48.0 Å². The summed E-state index contributed by atoms with van der Waals surface area (Å²) in [5.74, 6) is 0. The molecule has 0 heterocycles. The van der Waals surface area contributed by atoms with Crippen molar-refractivity contribution in [2.45, 2.75) is 26.9 Å². The van der Waals surface area contributed by atoms with Crippen molar-refractivity contribution in [1.82, 2.24) is 0 Å². The van der Waals surface area contributed by atoms with Crippen LogP contribution in [0.4, 0.5) is 0 Å². The molecule has 2 aromatic carbocycles. The summed E-state index contributed by atoms with van der Waals surface area (Å²) in [7, 11) is -3.09. The molecule has 0 aromatic heterocycles. The zero-order valence-corrected chi connectivity index (χ0v) is 17.9. The molecule has 0 aliphatic rings. The molecule has 0 N–H and O–H groups in total. The average molecular weight is 470 g/mol. The SMILES string of the molecule is CCOP(=O)(Cc1cc(I)cc(/C=C/c2ccc(C)cc2)c1)OCC. The molecule has 0 bridgehead atoms. The van der Waals surface area contributed by atoms with Crippen LogP contribution in [0, 0.1) is 10.5 Å². The molecule has 5 heteroatoms. The van der Waals surface area contributed by atoms with Crippen LogP contribution < -0.4 is 0 Å². The molecule has 3 nitrogen and oxygen atoms in total. The van der Waals surface area contributed by atoms with Crippen molar-refractivity contribution in [2.75, 3.05) is 13.2 Å². The largest absolute Gasteiger partial charge is 0.335 e. The van der Waals surface area contributed by atoms with Gasteiger partial charge >= 0.3 is 7.60 Å². The quantitative estimate of drug-likeness (QED) is 0.250. The zero-order valence-electron chi connectivity index (χ0n) is 14.9. The van der Waals surface area contributed by atoms with E-state index in [1.165, 1.54) is 5.56 Å². The Morgan fingerprint density at radius 1 is 0.960 bits per heavy atom. The zero-order chi connectivity index (χ0) is 18.3. The summed E-state index contributed by atoms with van der Waals surface area (Å²) >= 11 is 2.28. The first-order chi connectivity index (χ1) is 11.9. The minimum absolute atomic E-state index is 0.289. The van der Waals surface area contributed by atoms with Gasteiger partial charge in [0.25, 0.3) is 0 Å². The van der Waals surface area contributed by atoms with Gasteiger partial charge in [-0.15, -0.1) is 0 Å². The van der Waals surface area contributed by atoms with E-state index < -0.39 is 7.60 Å². The minimum atomic E-state index is -3.09. The Morgan fingerprint density at radius 2 is 1.56 bits per heavy atom. The first-order valence-electron chi connectivity index (χ1n) is 8.36. The Labute approximate surface area is 164 Å². The highest BCUT2D eigenvalue weighted by molar-refractivity contribution is 14.1. The number of rotatable bonds is 8. The summed E-state index contributed by atoms with van der Waals surface area (Å²) < 4.78 is 24.7. The van der Waals surface area contributed by atoms with Crippen LogP contribution in [0.5, 0.6) is 0 Å². The van der Waals surface area contributed by atoms with Crippen LogP contribution in [0.2, 0.25) is 0 Å². The fourth-order valence-corrected chi connectivity index (χ4v) is 4.91. The van der Waals surface area contributed by atoms with Crippen LogP contribution in [0.15, 0.2) is 42.5 Å². The molecular weight excluding hydrogens is 446 g/mol. The first-order valence-corrected chi connectivity index (χ1v) is 11.2. The van der Waals surface area contributed by atoms with Crippen molar-refractivity contribution in [2.24, 2.45) is 0 Å². The highest BCUT2D eigenvalue weighted by Gasteiger charge is 2.24. The third-order valence-corrected chi connectivity index (χ3v) is 6.23. The molecule has 0 radical (unpaired) electrons. The van der Waals surface area contributed by atoms with E-state index in [1.807, 2.05) is 26.0 Å². The average Bonchev–Trinajstić information content (AvgIpc) is 2.54. The van der Waals surface area contributed by atoms with E-state index in [1.54, 1.807) is 0 Å². The monoisotopic (exact) mass is 470 g/mol. The van der Waals surface area contributed by atoms with Crippen LogP contribution in [0.25, 0.3) is 12.2 Å². The standard InChI is InChI=1S/C20H24IO3P/c1-4-23-25(22,24-5-2)15-19-12-18(13-20(21)14-19)11-10-17-8-6-16(3)7-9-17/h6-14H,4-5,15H2,1-3H3/b11-10+.